The molecule has 0 N–H and O–H groups in total. The van der Waals surface area contributed by atoms with E-state index in [1.807, 2.05) is 30.3 Å². The summed E-state index contributed by atoms with van der Waals surface area (Å²) in [6.45, 7) is 0. The summed E-state index contributed by atoms with van der Waals surface area (Å²) in [6, 6.07) is 9.36. The number of aldehydes is 1. The Morgan fingerprint density at radius 1 is 1.12 bits per heavy atom. The van der Waals surface area contributed by atoms with Crippen LogP contribution in [0.2, 0.25) is 10.2 Å². The molecule has 4 heteroatoms. The zero-order valence-electron chi connectivity index (χ0n) is 8.15. The van der Waals surface area contributed by atoms with Gasteiger partial charge < -0.3 is 0 Å². The molecule has 0 amide bonds. The summed E-state index contributed by atoms with van der Waals surface area (Å²) in [5.41, 5.74) is 1.77. The van der Waals surface area contributed by atoms with Crippen LogP contribution in [-0.4, -0.2) is 11.3 Å². The molecule has 0 unspecified atom stereocenters. The van der Waals surface area contributed by atoms with Crippen molar-refractivity contribution in [2.24, 2.45) is 0 Å². The summed E-state index contributed by atoms with van der Waals surface area (Å²) in [4.78, 5) is 14.7. The Labute approximate surface area is 103 Å². The van der Waals surface area contributed by atoms with Gasteiger partial charge in [0, 0.05) is 11.8 Å². The van der Waals surface area contributed by atoms with Gasteiger partial charge in [-0.15, -0.1) is 0 Å². The SMILES string of the molecule is O=Cc1cnc(Cl)c(-c2ccccc2)c1Cl. The maximum absolute atomic E-state index is 10.8. The highest BCUT2D eigenvalue weighted by atomic mass is 35.5. The number of hydrogen-bond acceptors (Lipinski definition) is 2. The molecule has 1 aromatic carbocycles. The highest BCUT2D eigenvalue weighted by molar-refractivity contribution is 6.39. The number of hydrogen-bond donors (Lipinski definition) is 0. The van der Waals surface area contributed by atoms with E-state index >= 15 is 0 Å². The Kier molecular flexibility index (Phi) is 3.22. The van der Waals surface area contributed by atoms with Gasteiger partial charge in [0.1, 0.15) is 5.15 Å². The number of benzene rings is 1. The van der Waals surface area contributed by atoms with Gasteiger partial charge in [-0.25, -0.2) is 4.98 Å². The summed E-state index contributed by atoms with van der Waals surface area (Å²) < 4.78 is 0. The van der Waals surface area contributed by atoms with Crippen LogP contribution in [-0.2, 0) is 0 Å². The molecule has 2 rings (SSSR count). The average Bonchev–Trinajstić information content (AvgIpc) is 2.31. The van der Waals surface area contributed by atoms with E-state index < -0.39 is 0 Å². The molecule has 80 valence electrons. The number of carbonyl (C=O) groups excluding carboxylic acids is 1. The van der Waals surface area contributed by atoms with Crippen LogP contribution in [0.15, 0.2) is 36.5 Å². The fraction of sp³-hybridized carbons (Fsp3) is 0. The van der Waals surface area contributed by atoms with Crippen molar-refractivity contribution in [2.45, 2.75) is 0 Å². The van der Waals surface area contributed by atoms with Crippen molar-refractivity contribution in [1.82, 2.24) is 4.98 Å². The molecular formula is C12H7Cl2NO. The van der Waals surface area contributed by atoms with E-state index in [1.54, 1.807) is 0 Å². The van der Waals surface area contributed by atoms with E-state index in [4.69, 9.17) is 23.2 Å². The maximum Gasteiger partial charge on any atom is 0.153 e. The topological polar surface area (TPSA) is 30.0 Å². The van der Waals surface area contributed by atoms with Crippen molar-refractivity contribution in [3.8, 4) is 11.1 Å². The summed E-state index contributed by atoms with van der Waals surface area (Å²) in [5, 5.41) is 0.628. The molecule has 0 aliphatic heterocycles. The number of carbonyl (C=O) groups is 1. The second-order valence-corrected chi connectivity index (χ2v) is 3.91. The number of pyridine rings is 1. The molecule has 2 aromatic rings. The minimum absolute atomic E-state index is 0.293. The zero-order chi connectivity index (χ0) is 11.5. The molecule has 1 aromatic heterocycles. The van der Waals surface area contributed by atoms with E-state index in [9.17, 15) is 4.79 Å². The van der Waals surface area contributed by atoms with Gasteiger partial charge in [0.25, 0.3) is 0 Å². The van der Waals surface area contributed by atoms with E-state index in [0.29, 0.717) is 27.6 Å². The first-order valence-corrected chi connectivity index (χ1v) is 5.34. The van der Waals surface area contributed by atoms with Crippen LogP contribution < -0.4 is 0 Å². The van der Waals surface area contributed by atoms with Crippen molar-refractivity contribution < 1.29 is 4.79 Å². The van der Waals surface area contributed by atoms with Crippen molar-refractivity contribution in [2.75, 3.05) is 0 Å². The molecule has 0 saturated heterocycles. The first kappa shape index (κ1) is 11.1. The first-order chi connectivity index (χ1) is 7.74. The summed E-state index contributed by atoms with van der Waals surface area (Å²) >= 11 is 12.1. The lowest BCUT2D eigenvalue weighted by Gasteiger charge is -2.07. The van der Waals surface area contributed by atoms with Crippen molar-refractivity contribution >= 4 is 29.5 Å². The van der Waals surface area contributed by atoms with Gasteiger partial charge in [-0.2, -0.15) is 0 Å². The molecular weight excluding hydrogens is 245 g/mol. The average molecular weight is 252 g/mol. The molecule has 0 saturated carbocycles. The van der Waals surface area contributed by atoms with Gasteiger partial charge in [0.15, 0.2) is 6.29 Å². The second kappa shape index (κ2) is 4.64. The lowest BCUT2D eigenvalue weighted by atomic mass is 10.1. The molecule has 0 aliphatic carbocycles. The predicted molar refractivity (Wildman–Crippen MR) is 65.1 cm³/mol. The normalized spacial score (nSPS) is 10.1. The molecule has 0 spiro atoms. The number of rotatable bonds is 2. The van der Waals surface area contributed by atoms with Gasteiger partial charge in [0.05, 0.1) is 10.6 Å². The highest BCUT2D eigenvalue weighted by Crippen LogP contribution is 2.34. The Balaban J connectivity index is 2.69. The maximum atomic E-state index is 10.8. The van der Waals surface area contributed by atoms with E-state index in [-0.39, 0.29) is 0 Å². The monoisotopic (exact) mass is 251 g/mol. The molecule has 16 heavy (non-hydrogen) atoms. The molecule has 2 nitrogen and oxygen atoms in total. The highest BCUT2D eigenvalue weighted by Gasteiger charge is 2.12. The van der Waals surface area contributed by atoms with Gasteiger partial charge in [-0.1, -0.05) is 53.5 Å². The van der Waals surface area contributed by atoms with Crippen LogP contribution in [0.4, 0.5) is 0 Å². The van der Waals surface area contributed by atoms with Gasteiger partial charge >= 0.3 is 0 Å². The third-order valence-corrected chi connectivity index (χ3v) is 2.88. The molecule has 0 fully saturated rings. The minimum Gasteiger partial charge on any atom is -0.298 e. The Morgan fingerprint density at radius 3 is 2.44 bits per heavy atom. The van der Waals surface area contributed by atoms with Crippen molar-refractivity contribution in [3.05, 3.63) is 52.3 Å². The molecule has 0 atom stereocenters. The van der Waals surface area contributed by atoms with Gasteiger partial charge in [0.2, 0.25) is 0 Å². The summed E-state index contributed by atoms with van der Waals surface area (Å²) in [6.07, 6.45) is 2.03. The third kappa shape index (κ3) is 1.94. The smallest absolute Gasteiger partial charge is 0.153 e. The van der Waals surface area contributed by atoms with Crippen molar-refractivity contribution in [3.63, 3.8) is 0 Å². The minimum atomic E-state index is 0.293. The third-order valence-electron chi connectivity index (χ3n) is 2.19. The molecule has 0 aliphatic rings. The van der Waals surface area contributed by atoms with Crippen LogP contribution in [0.1, 0.15) is 10.4 Å². The second-order valence-electron chi connectivity index (χ2n) is 3.18. The summed E-state index contributed by atoms with van der Waals surface area (Å²) in [5.74, 6) is 0. The standard InChI is InChI=1S/C12H7Cl2NO/c13-11-9(7-16)6-15-12(14)10(11)8-4-2-1-3-5-8/h1-7H. The zero-order valence-corrected chi connectivity index (χ0v) is 9.66. The Bertz CT molecular complexity index is 526. The molecule has 0 bridgehead atoms. The van der Waals surface area contributed by atoms with Gasteiger partial charge in [-0.3, -0.25) is 4.79 Å². The molecule has 1 heterocycles. The number of halogens is 2. The van der Waals surface area contributed by atoms with Gasteiger partial charge in [-0.05, 0) is 5.56 Å². The van der Waals surface area contributed by atoms with Crippen LogP contribution in [0.3, 0.4) is 0 Å². The first-order valence-electron chi connectivity index (χ1n) is 4.58. The Morgan fingerprint density at radius 2 is 1.81 bits per heavy atom. The number of nitrogens with zero attached hydrogens (tertiary/aromatic N) is 1. The van der Waals surface area contributed by atoms with Crippen LogP contribution in [0, 0.1) is 0 Å². The fourth-order valence-electron chi connectivity index (χ4n) is 1.42. The largest absolute Gasteiger partial charge is 0.298 e. The Hall–Kier alpha value is -1.38. The van der Waals surface area contributed by atoms with E-state index in [0.717, 1.165) is 5.56 Å². The molecule has 0 radical (unpaired) electrons. The number of aromatic nitrogens is 1. The lowest BCUT2D eigenvalue weighted by Crippen LogP contribution is -1.91. The van der Waals surface area contributed by atoms with E-state index in [2.05, 4.69) is 4.98 Å². The van der Waals surface area contributed by atoms with Crippen LogP contribution >= 0.6 is 23.2 Å². The van der Waals surface area contributed by atoms with Crippen molar-refractivity contribution in [1.29, 1.82) is 0 Å². The van der Waals surface area contributed by atoms with Crippen LogP contribution in [0.5, 0.6) is 0 Å². The summed E-state index contributed by atoms with van der Waals surface area (Å²) in [7, 11) is 0. The lowest BCUT2D eigenvalue weighted by molar-refractivity contribution is 0.112. The fourth-order valence-corrected chi connectivity index (χ4v) is 2.01. The van der Waals surface area contributed by atoms with Crippen LogP contribution in [0.25, 0.3) is 11.1 Å². The van der Waals surface area contributed by atoms with E-state index in [1.165, 1.54) is 6.20 Å². The quantitative estimate of drug-likeness (QED) is 0.599. The predicted octanol–water partition coefficient (Wildman–Crippen LogP) is 3.87.